The zero-order chi connectivity index (χ0) is 24.0. The maximum Gasteiger partial charge on any atom is 0.282 e. The van der Waals surface area contributed by atoms with Gasteiger partial charge in [0, 0.05) is 23.0 Å². The maximum absolute atomic E-state index is 14.6. The zero-order valence-corrected chi connectivity index (χ0v) is 19.0. The second kappa shape index (κ2) is 8.21. The number of nitrogens with one attached hydrogen (secondary N) is 2. The fourth-order valence-corrected chi connectivity index (χ4v) is 5.31. The van der Waals surface area contributed by atoms with Crippen molar-refractivity contribution in [2.24, 2.45) is 0 Å². The van der Waals surface area contributed by atoms with Crippen LogP contribution in [-0.2, 0) is 16.6 Å². The number of pyridine rings is 2. The molecule has 8 nitrogen and oxygen atoms in total. The van der Waals surface area contributed by atoms with Crippen LogP contribution in [0.3, 0.4) is 0 Å². The molecular weight excluding hydrogens is 459 g/mol. The minimum absolute atomic E-state index is 0.0646. The Kier molecular flexibility index (Phi) is 5.32. The van der Waals surface area contributed by atoms with Gasteiger partial charge in [0.05, 0.1) is 28.4 Å². The highest BCUT2D eigenvalue weighted by Gasteiger charge is 2.38. The summed E-state index contributed by atoms with van der Waals surface area (Å²) in [5, 5.41) is -0.621. The number of carbonyl (C=O) groups excluding carboxylic acids is 1. The summed E-state index contributed by atoms with van der Waals surface area (Å²) in [6, 6.07) is 12.7. The average Bonchev–Trinajstić information content (AvgIpc) is 3.60. The summed E-state index contributed by atoms with van der Waals surface area (Å²) in [6.45, 7) is 1.70. The SMILES string of the molecule is Cc1ccc2c(n1)c(-c1ccc[nH]c1=O)c(C(=O)NS(=O)(=O)C1CC1)n2Cc1ccccc1F. The van der Waals surface area contributed by atoms with E-state index in [1.54, 1.807) is 43.3 Å². The Hall–Kier alpha value is -3.79. The van der Waals surface area contributed by atoms with Crippen molar-refractivity contribution in [3.63, 3.8) is 0 Å². The molecule has 1 aliphatic rings. The van der Waals surface area contributed by atoms with Crippen LogP contribution in [0.5, 0.6) is 0 Å². The Morgan fingerprint density at radius 1 is 1.18 bits per heavy atom. The Morgan fingerprint density at radius 2 is 1.94 bits per heavy atom. The second-order valence-corrected chi connectivity index (χ2v) is 10.3. The van der Waals surface area contributed by atoms with Crippen molar-refractivity contribution in [2.45, 2.75) is 31.6 Å². The number of nitrogens with zero attached hydrogens (tertiary/aromatic N) is 2. The fraction of sp³-hybridized carbons (Fsp3) is 0.208. The normalized spacial score (nSPS) is 13.8. The molecule has 0 aliphatic heterocycles. The number of hydrogen-bond donors (Lipinski definition) is 2. The first-order valence-corrected chi connectivity index (χ1v) is 12.3. The predicted octanol–water partition coefficient (Wildman–Crippen LogP) is 3.11. The Morgan fingerprint density at radius 3 is 2.65 bits per heavy atom. The lowest BCUT2D eigenvalue weighted by atomic mass is 10.1. The number of aryl methyl sites for hydroxylation is 1. The molecule has 0 saturated heterocycles. The zero-order valence-electron chi connectivity index (χ0n) is 18.2. The Balaban J connectivity index is 1.81. The molecule has 0 atom stereocenters. The molecule has 3 aromatic heterocycles. The maximum atomic E-state index is 14.6. The van der Waals surface area contributed by atoms with Crippen LogP contribution in [0, 0.1) is 12.7 Å². The Labute approximate surface area is 194 Å². The molecule has 4 aromatic rings. The second-order valence-electron chi connectivity index (χ2n) is 8.31. The van der Waals surface area contributed by atoms with Gasteiger partial charge in [-0.1, -0.05) is 18.2 Å². The van der Waals surface area contributed by atoms with E-state index >= 15 is 0 Å². The molecule has 10 heteroatoms. The van der Waals surface area contributed by atoms with Crippen molar-refractivity contribution in [3.8, 4) is 11.1 Å². The first-order valence-electron chi connectivity index (χ1n) is 10.7. The molecule has 1 amide bonds. The smallest absolute Gasteiger partial charge is 0.282 e. The molecule has 0 unspecified atom stereocenters. The van der Waals surface area contributed by atoms with Crippen molar-refractivity contribution in [3.05, 3.63) is 87.9 Å². The molecule has 1 saturated carbocycles. The minimum atomic E-state index is -3.88. The topological polar surface area (TPSA) is 114 Å². The number of fused-ring (bicyclic) bond motifs is 1. The number of carbonyl (C=O) groups is 1. The van der Waals surface area contributed by atoms with Gasteiger partial charge in [0.2, 0.25) is 10.0 Å². The molecule has 1 aromatic carbocycles. The van der Waals surface area contributed by atoms with Crippen LogP contribution in [0.1, 0.15) is 34.6 Å². The molecule has 3 heterocycles. The molecule has 0 bridgehead atoms. The molecule has 1 fully saturated rings. The van der Waals surface area contributed by atoms with Crippen LogP contribution in [0.4, 0.5) is 4.39 Å². The summed E-state index contributed by atoms with van der Waals surface area (Å²) in [5.74, 6) is -1.36. The third-order valence-electron chi connectivity index (χ3n) is 5.83. The van der Waals surface area contributed by atoms with Crippen LogP contribution >= 0.6 is 0 Å². The summed E-state index contributed by atoms with van der Waals surface area (Å²) in [6.07, 6.45) is 2.42. The highest BCUT2D eigenvalue weighted by molar-refractivity contribution is 7.91. The summed E-state index contributed by atoms with van der Waals surface area (Å²) in [4.78, 5) is 33.4. The van der Waals surface area contributed by atoms with E-state index in [1.165, 1.54) is 22.9 Å². The number of benzene rings is 1. The van der Waals surface area contributed by atoms with Gasteiger partial charge >= 0.3 is 0 Å². The summed E-state index contributed by atoms with van der Waals surface area (Å²) in [5.41, 5.74) is 1.58. The summed E-state index contributed by atoms with van der Waals surface area (Å²) < 4.78 is 43.4. The monoisotopic (exact) mass is 480 g/mol. The highest BCUT2D eigenvalue weighted by atomic mass is 32.2. The molecule has 2 N–H and O–H groups in total. The van der Waals surface area contributed by atoms with Gasteiger partial charge in [-0.3, -0.25) is 14.6 Å². The van der Waals surface area contributed by atoms with E-state index in [-0.39, 0.29) is 23.4 Å². The molecule has 0 radical (unpaired) electrons. The lowest BCUT2D eigenvalue weighted by Crippen LogP contribution is -2.35. The lowest BCUT2D eigenvalue weighted by Gasteiger charge is -2.13. The summed E-state index contributed by atoms with van der Waals surface area (Å²) in [7, 11) is -3.88. The van der Waals surface area contributed by atoms with Gasteiger partial charge < -0.3 is 9.55 Å². The van der Waals surface area contributed by atoms with Crippen molar-refractivity contribution >= 4 is 27.0 Å². The van der Waals surface area contributed by atoms with E-state index in [1.807, 2.05) is 0 Å². The predicted molar refractivity (Wildman–Crippen MR) is 125 cm³/mol. The number of amides is 1. The molecule has 0 spiro atoms. The van der Waals surface area contributed by atoms with Gasteiger partial charge in [-0.05, 0) is 50.1 Å². The van der Waals surface area contributed by atoms with Crippen molar-refractivity contribution in [1.29, 1.82) is 0 Å². The van der Waals surface area contributed by atoms with E-state index in [4.69, 9.17) is 0 Å². The summed E-state index contributed by atoms with van der Waals surface area (Å²) >= 11 is 0. The number of aromatic amines is 1. The van der Waals surface area contributed by atoms with E-state index in [0.29, 0.717) is 35.1 Å². The van der Waals surface area contributed by atoms with Crippen molar-refractivity contribution in [1.82, 2.24) is 19.3 Å². The van der Waals surface area contributed by atoms with E-state index < -0.39 is 32.6 Å². The van der Waals surface area contributed by atoms with Crippen LogP contribution in [0.2, 0.25) is 0 Å². The van der Waals surface area contributed by atoms with Crippen molar-refractivity contribution < 1.29 is 17.6 Å². The number of sulfonamides is 1. The van der Waals surface area contributed by atoms with Gasteiger partial charge in [-0.25, -0.2) is 17.5 Å². The number of aromatic nitrogens is 3. The Bertz CT molecular complexity index is 1600. The average molecular weight is 481 g/mol. The van der Waals surface area contributed by atoms with E-state index in [2.05, 4.69) is 14.7 Å². The van der Waals surface area contributed by atoms with Gasteiger partial charge in [0.15, 0.2) is 0 Å². The molecular formula is C24H21FN4O4S. The lowest BCUT2D eigenvalue weighted by molar-refractivity contribution is 0.0974. The molecule has 34 heavy (non-hydrogen) atoms. The molecule has 174 valence electrons. The third-order valence-corrected chi connectivity index (χ3v) is 7.65. The van der Waals surface area contributed by atoms with Crippen LogP contribution in [-0.4, -0.2) is 34.1 Å². The van der Waals surface area contributed by atoms with Crippen LogP contribution in [0.25, 0.3) is 22.2 Å². The number of rotatable bonds is 6. The van der Waals surface area contributed by atoms with Gasteiger partial charge in [0.1, 0.15) is 11.5 Å². The van der Waals surface area contributed by atoms with E-state index in [9.17, 15) is 22.4 Å². The van der Waals surface area contributed by atoms with Gasteiger partial charge in [0.25, 0.3) is 11.5 Å². The third kappa shape index (κ3) is 3.90. The molecule has 1 aliphatic carbocycles. The van der Waals surface area contributed by atoms with E-state index in [0.717, 1.165) is 0 Å². The highest BCUT2D eigenvalue weighted by Crippen LogP contribution is 2.34. The first-order chi connectivity index (χ1) is 16.3. The largest absolute Gasteiger partial charge is 0.330 e. The van der Waals surface area contributed by atoms with Gasteiger partial charge in [-0.15, -0.1) is 0 Å². The number of H-pyrrole nitrogens is 1. The van der Waals surface area contributed by atoms with Crippen molar-refractivity contribution in [2.75, 3.05) is 0 Å². The number of halogens is 1. The quantitative estimate of drug-likeness (QED) is 0.440. The first kappa shape index (κ1) is 22.0. The number of hydrogen-bond acceptors (Lipinski definition) is 5. The fourth-order valence-electron chi connectivity index (χ4n) is 4.03. The standard InChI is InChI=1S/C24H21FN4O4S/c1-14-8-11-19-21(27-14)20(17-6-4-12-26-23(17)30)22(24(31)28-34(32,33)16-9-10-16)29(19)13-15-5-2-3-7-18(15)25/h2-8,11-12,16H,9-10,13H2,1H3,(H,26,30)(H,28,31). The minimum Gasteiger partial charge on any atom is -0.330 e. The van der Waals surface area contributed by atoms with Gasteiger partial charge in [-0.2, -0.15) is 0 Å². The molecule has 5 rings (SSSR count). The van der Waals surface area contributed by atoms with Crippen LogP contribution in [0.15, 0.2) is 59.5 Å². The van der Waals surface area contributed by atoms with Crippen LogP contribution < -0.4 is 10.3 Å².